The average molecular weight is 227 g/mol. The highest BCUT2D eigenvalue weighted by Crippen LogP contribution is 2.21. The molecule has 0 heterocycles. The lowest BCUT2D eigenvalue weighted by Crippen LogP contribution is -2.10. The van der Waals surface area contributed by atoms with Crippen molar-refractivity contribution in [1.82, 2.24) is 0 Å². The number of rotatable bonds is 6. The van der Waals surface area contributed by atoms with Crippen molar-refractivity contribution in [1.29, 1.82) is 0 Å². The first-order chi connectivity index (χ1) is 7.59. The van der Waals surface area contributed by atoms with Crippen LogP contribution in [0.1, 0.15) is 13.8 Å². The molecular weight excluding hydrogens is 209 g/mol. The number of nitrogen functional groups attached to an aromatic ring is 1. The number of hydrogen-bond acceptors (Lipinski definition) is 3. The Morgan fingerprint density at radius 3 is 2.69 bits per heavy atom. The molecule has 1 aromatic rings. The van der Waals surface area contributed by atoms with Crippen LogP contribution in [0.15, 0.2) is 18.2 Å². The quantitative estimate of drug-likeness (QED) is 0.599. The molecular formula is C12H18FNO2. The van der Waals surface area contributed by atoms with Crippen molar-refractivity contribution in [2.75, 3.05) is 25.6 Å². The first-order valence-electron chi connectivity index (χ1n) is 5.35. The Morgan fingerprint density at radius 1 is 1.31 bits per heavy atom. The van der Waals surface area contributed by atoms with Crippen LogP contribution in [0, 0.1) is 11.7 Å². The number of hydrogen-bond donors (Lipinski definition) is 1. The molecule has 2 N–H and O–H groups in total. The second-order valence-electron chi connectivity index (χ2n) is 4.00. The summed E-state index contributed by atoms with van der Waals surface area (Å²) >= 11 is 0. The topological polar surface area (TPSA) is 44.5 Å². The molecule has 1 rings (SSSR count). The molecule has 0 saturated heterocycles. The molecule has 0 aliphatic heterocycles. The number of ether oxygens (including phenoxy) is 2. The Labute approximate surface area is 95.4 Å². The molecule has 16 heavy (non-hydrogen) atoms. The van der Waals surface area contributed by atoms with Crippen molar-refractivity contribution in [2.24, 2.45) is 5.92 Å². The zero-order valence-electron chi connectivity index (χ0n) is 9.70. The maximum absolute atomic E-state index is 12.7. The maximum Gasteiger partial charge on any atom is 0.142 e. The third kappa shape index (κ3) is 4.49. The SMILES string of the molecule is CC(C)COCCOc1ccc(F)cc1N. The first-order valence-corrected chi connectivity index (χ1v) is 5.35. The highest BCUT2D eigenvalue weighted by molar-refractivity contribution is 5.52. The van der Waals surface area contributed by atoms with Gasteiger partial charge in [0.15, 0.2) is 0 Å². The summed E-state index contributed by atoms with van der Waals surface area (Å²) in [5.74, 6) is 0.645. The molecule has 0 unspecified atom stereocenters. The predicted molar refractivity (Wildman–Crippen MR) is 62.0 cm³/mol. The van der Waals surface area contributed by atoms with E-state index in [-0.39, 0.29) is 5.82 Å². The van der Waals surface area contributed by atoms with E-state index in [1.807, 2.05) is 0 Å². The van der Waals surface area contributed by atoms with E-state index in [9.17, 15) is 4.39 Å². The smallest absolute Gasteiger partial charge is 0.142 e. The monoisotopic (exact) mass is 227 g/mol. The molecule has 0 radical (unpaired) electrons. The standard InChI is InChI=1S/C12H18FNO2/c1-9(2)8-15-5-6-16-12-4-3-10(13)7-11(12)14/h3-4,7,9H,5-6,8,14H2,1-2H3. The second kappa shape index (κ2) is 6.33. The van der Waals surface area contributed by atoms with Gasteiger partial charge >= 0.3 is 0 Å². The van der Waals surface area contributed by atoms with Crippen molar-refractivity contribution in [3.63, 3.8) is 0 Å². The fraction of sp³-hybridized carbons (Fsp3) is 0.500. The fourth-order valence-corrected chi connectivity index (χ4v) is 1.18. The lowest BCUT2D eigenvalue weighted by atomic mass is 10.2. The molecule has 0 aliphatic rings. The summed E-state index contributed by atoms with van der Waals surface area (Å²) in [5.41, 5.74) is 5.89. The number of benzene rings is 1. The minimum absolute atomic E-state index is 0.309. The maximum atomic E-state index is 12.7. The van der Waals surface area contributed by atoms with Crippen molar-refractivity contribution in [2.45, 2.75) is 13.8 Å². The van der Waals surface area contributed by atoms with Gasteiger partial charge in [0.25, 0.3) is 0 Å². The normalized spacial score (nSPS) is 10.8. The van der Waals surface area contributed by atoms with Crippen LogP contribution in [0.25, 0.3) is 0 Å². The molecule has 1 aromatic carbocycles. The van der Waals surface area contributed by atoms with Crippen LogP contribution in [-0.2, 0) is 4.74 Å². The summed E-state index contributed by atoms with van der Waals surface area (Å²) in [6, 6.07) is 4.08. The highest BCUT2D eigenvalue weighted by Gasteiger charge is 2.01. The van der Waals surface area contributed by atoms with E-state index >= 15 is 0 Å². The van der Waals surface area contributed by atoms with E-state index in [1.165, 1.54) is 18.2 Å². The molecule has 0 bridgehead atoms. The van der Waals surface area contributed by atoms with Crippen molar-refractivity contribution in [3.8, 4) is 5.75 Å². The fourth-order valence-electron chi connectivity index (χ4n) is 1.18. The third-order valence-corrected chi connectivity index (χ3v) is 1.91. The molecule has 4 heteroatoms. The molecule has 0 atom stereocenters. The van der Waals surface area contributed by atoms with Gasteiger partial charge in [0.05, 0.1) is 12.3 Å². The van der Waals surface area contributed by atoms with Crippen LogP contribution in [0.4, 0.5) is 10.1 Å². The average Bonchev–Trinajstić information content (AvgIpc) is 2.20. The Morgan fingerprint density at radius 2 is 2.06 bits per heavy atom. The lowest BCUT2D eigenvalue weighted by Gasteiger charge is -2.10. The van der Waals surface area contributed by atoms with E-state index in [4.69, 9.17) is 15.2 Å². The van der Waals surface area contributed by atoms with E-state index in [1.54, 1.807) is 0 Å². The number of anilines is 1. The molecule has 3 nitrogen and oxygen atoms in total. The third-order valence-electron chi connectivity index (χ3n) is 1.91. The van der Waals surface area contributed by atoms with Gasteiger partial charge in [-0.2, -0.15) is 0 Å². The molecule has 90 valence electrons. The summed E-state index contributed by atoms with van der Waals surface area (Å²) in [7, 11) is 0. The van der Waals surface area contributed by atoms with Gasteiger partial charge < -0.3 is 15.2 Å². The summed E-state index contributed by atoms with van der Waals surface area (Å²) in [5, 5.41) is 0. The van der Waals surface area contributed by atoms with E-state index in [0.29, 0.717) is 37.2 Å². The Bertz CT molecular complexity index is 329. The highest BCUT2D eigenvalue weighted by atomic mass is 19.1. The summed E-state index contributed by atoms with van der Waals surface area (Å²) < 4.78 is 23.4. The second-order valence-corrected chi connectivity index (χ2v) is 4.00. The minimum Gasteiger partial charge on any atom is -0.489 e. The summed E-state index contributed by atoms with van der Waals surface area (Å²) in [6.07, 6.45) is 0. The summed E-state index contributed by atoms with van der Waals surface area (Å²) in [6.45, 7) is 5.80. The van der Waals surface area contributed by atoms with Crippen LogP contribution in [0.2, 0.25) is 0 Å². The molecule has 0 aliphatic carbocycles. The molecule has 0 amide bonds. The summed E-state index contributed by atoms with van der Waals surface area (Å²) in [4.78, 5) is 0. The number of halogens is 1. The van der Waals surface area contributed by atoms with Gasteiger partial charge in [-0.25, -0.2) is 4.39 Å². The van der Waals surface area contributed by atoms with E-state index in [0.717, 1.165) is 0 Å². The van der Waals surface area contributed by atoms with Gasteiger partial charge in [-0.1, -0.05) is 13.8 Å². The van der Waals surface area contributed by atoms with Gasteiger partial charge in [-0.3, -0.25) is 0 Å². The Balaban J connectivity index is 2.27. The molecule has 0 aromatic heterocycles. The van der Waals surface area contributed by atoms with E-state index in [2.05, 4.69) is 13.8 Å². The van der Waals surface area contributed by atoms with Crippen molar-refractivity contribution in [3.05, 3.63) is 24.0 Å². The van der Waals surface area contributed by atoms with Crippen LogP contribution >= 0.6 is 0 Å². The van der Waals surface area contributed by atoms with Gasteiger partial charge in [0.2, 0.25) is 0 Å². The van der Waals surface area contributed by atoms with Crippen molar-refractivity contribution >= 4 is 5.69 Å². The van der Waals surface area contributed by atoms with Crippen LogP contribution in [0.5, 0.6) is 5.75 Å². The zero-order chi connectivity index (χ0) is 12.0. The Kier molecular flexibility index (Phi) is 5.05. The number of nitrogens with two attached hydrogens (primary N) is 1. The van der Waals surface area contributed by atoms with Gasteiger partial charge in [0, 0.05) is 12.7 Å². The van der Waals surface area contributed by atoms with Crippen LogP contribution in [0.3, 0.4) is 0 Å². The molecule has 0 saturated carbocycles. The largest absolute Gasteiger partial charge is 0.489 e. The van der Waals surface area contributed by atoms with Crippen LogP contribution < -0.4 is 10.5 Å². The van der Waals surface area contributed by atoms with Gasteiger partial charge in [-0.15, -0.1) is 0 Å². The minimum atomic E-state index is -0.360. The van der Waals surface area contributed by atoms with Gasteiger partial charge in [0.1, 0.15) is 18.2 Å². The zero-order valence-corrected chi connectivity index (χ0v) is 9.70. The molecule has 0 spiro atoms. The lowest BCUT2D eigenvalue weighted by molar-refractivity contribution is 0.0821. The predicted octanol–water partition coefficient (Wildman–Crippen LogP) is 2.46. The first kappa shape index (κ1) is 12.8. The Hall–Kier alpha value is -1.29. The van der Waals surface area contributed by atoms with Gasteiger partial charge in [-0.05, 0) is 18.1 Å². The van der Waals surface area contributed by atoms with E-state index < -0.39 is 0 Å². The van der Waals surface area contributed by atoms with Crippen LogP contribution in [-0.4, -0.2) is 19.8 Å². The molecule has 0 fully saturated rings. The van der Waals surface area contributed by atoms with Crippen molar-refractivity contribution < 1.29 is 13.9 Å².